The van der Waals surface area contributed by atoms with Gasteiger partial charge in [-0.2, -0.15) is 0 Å². The number of benzene rings is 1. The maximum absolute atomic E-state index is 13.7. The summed E-state index contributed by atoms with van der Waals surface area (Å²) >= 11 is 7.16. The van der Waals surface area contributed by atoms with E-state index in [1.165, 1.54) is 17.4 Å². The zero-order valence-corrected chi connectivity index (χ0v) is 10.1. The highest BCUT2D eigenvalue weighted by Gasteiger charge is 2.13. The first-order valence-electron chi connectivity index (χ1n) is 4.84. The van der Waals surface area contributed by atoms with Gasteiger partial charge in [0, 0.05) is 0 Å². The molecular formula is C11H7ClFN3S. The molecule has 3 rings (SSSR count). The number of halogens is 2. The van der Waals surface area contributed by atoms with Gasteiger partial charge in [0.1, 0.15) is 5.52 Å². The fourth-order valence-corrected chi connectivity index (χ4v) is 2.55. The summed E-state index contributed by atoms with van der Waals surface area (Å²) in [7, 11) is 0. The van der Waals surface area contributed by atoms with E-state index in [9.17, 15) is 4.39 Å². The van der Waals surface area contributed by atoms with Crippen LogP contribution in [0.5, 0.6) is 0 Å². The zero-order chi connectivity index (χ0) is 12.0. The summed E-state index contributed by atoms with van der Waals surface area (Å²) in [5.74, 6) is 0.0514. The second-order valence-corrected chi connectivity index (χ2v) is 4.87. The van der Waals surface area contributed by atoms with Crippen molar-refractivity contribution in [2.24, 2.45) is 0 Å². The van der Waals surface area contributed by atoms with Crippen molar-refractivity contribution in [3.05, 3.63) is 34.4 Å². The number of hydrogen-bond donors (Lipinski definition) is 2. The molecule has 0 aliphatic carbocycles. The molecule has 0 aliphatic heterocycles. The molecule has 2 aromatic heterocycles. The van der Waals surface area contributed by atoms with Crippen LogP contribution in [0.3, 0.4) is 0 Å². The Kier molecular flexibility index (Phi) is 2.31. The number of aromatic amines is 1. The number of nitrogen functional groups attached to an aromatic ring is 1. The van der Waals surface area contributed by atoms with Gasteiger partial charge in [0.05, 0.1) is 21.1 Å². The molecule has 0 bridgehead atoms. The summed E-state index contributed by atoms with van der Waals surface area (Å²) in [6.45, 7) is 0. The number of aromatic nitrogens is 2. The maximum atomic E-state index is 13.7. The molecule has 2 heterocycles. The van der Waals surface area contributed by atoms with Gasteiger partial charge >= 0.3 is 0 Å². The summed E-state index contributed by atoms with van der Waals surface area (Å²) in [5, 5.41) is 1.93. The van der Waals surface area contributed by atoms with E-state index in [4.69, 9.17) is 17.3 Å². The number of H-pyrrole nitrogens is 1. The van der Waals surface area contributed by atoms with Crippen LogP contribution in [-0.2, 0) is 0 Å². The summed E-state index contributed by atoms with van der Waals surface area (Å²) in [5.41, 5.74) is 7.26. The Morgan fingerprint density at radius 2 is 2.18 bits per heavy atom. The van der Waals surface area contributed by atoms with E-state index in [0.29, 0.717) is 17.0 Å². The molecule has 0 saturated carbocycles. The van der Waals surface area contributed by atoms with Crippen LogP contribution < -0.4 is 5.73 Å². The Hall–Kier alpha value is -1.59. The quantitative estimate of drug-likeness (QED) is 0.707. The van der Waals surface area contributed by atoms with Crippen molar-refractivity contribution in [2.45, 2.75) is 0 Å². The van der Waals surface area contributed by atoms with Gasteiger partial charge in [0.15, 0.2) is 11.6 Å². The molecule has 3 nitrogen and oxygen atoms in total. The number of anilines is 1. The van der Waals surface area contributed by atoms with Gasteiger partial charge in [0.25, 0.3) is 0 Å². The molecule has 0 saturated heterocycles. The first kappa shape index (κ1) is 10.6. The van der Waals surface area contributed by atoms with Crippen LogP contribution in [0.2, 0.25) is 5.02 Å². The SMILES string of the molecule is Nc1ccsc1-c1nc2c(F)c(Cl)ccc2[nH]1. The van der Waals surface area contributed by atoms with E-state index in [2.05, 4.69) is 9.97 Å². The number of imidazole rings is 1. The molecule has 0 aliphatic rings. The summed E-state index contributed by atoms with van der Waals surface area (Å²) in [6.07, 6.45) is 0. The smallest absolute Gasteiger partial charge is 0.169 e. The van der Waals surface area contributed by atoms with Crippen LogP contribution in [0.25, 0.3) is 21.7 Å². The van der Waals surface area contributed by atoms with E-state index < -0.39 is 5.82 Å². The molecule has 0 amide bonds. The van der Waals surface area contributed by atoms with Gasteiger partial charge in [-0.15, -0.1) is 11.3 Å². The third kappa shape index (κ3) is 1.59. The summed E-state index contributed by atoms with van der Waals surface area (Å²) in [4.78, 5) is 8.02. The number of nitrogens with one attached hydrogen (secondary N) is 1. The first-order chi connectivity index (χ1) is 8.16. The molecule has 3 N–H and O–H groups in total. The Morgan fingerprint density at radius 1 is 1.35 bits per heavy atom. The highest BCUT2D eigenvalue weighted by atomic mass is 35.5. The molecule has 0 radical (unpaired) electrons. The number of rotatable bonds is 1. The number of thiophene rings is 1. The highest BCUT2D eigenvalue weighted by molar-refractivity contribution is 7.14. The average molecular weight is 268 g/mol. The Labute approximate surface area is 105 Å². The second kappa shape index (κ2) is 3.72. The van der Waals surface area contributed by atoms with Gasteiger partial charge in [0.2, 0.25) is 0 Å². The third-order valence-electron chi connectivity index (χ3n) is 2.46. The first-order valence-corrected chi connectivity index (χ1v) is 6.09. The van der Waals surface area contributed by atoms with Crippen molar-refractivity contribution in [3.8, 4) is 10.7 Å². The standard InChI is InChI=1S/C11H7ClFN3S/c12-5-1-2-7-9(8(5)13)16-11(15-7)10-6(14)3-4-17-10/h1-4H,14H2,(H,15,16). The molecule has 3 aromatic rings. The molecule has 0 unspecified atom stereocenters. The predicted octanol–water partition coefficient (Wildman–Crippen LogP) is 3.67. The van der Waals surface area contributed by atoms with E-state index >= 15 is 0 Å². The van der Waals surface area contributed by atoms with E-state index in [-0.39, 0.29) is 10.5 Å². The Bertz CT molecular complexity index is 704. The fourth-order valence-electron chi connectivity index (χ4n) is 1.64. The van der Waals surface area contributed by atoms with Gasteiger partial charge in [-0.05, 0) is 23.6 Å². The van der Waals surface area contributed by atoms with Crippen LogP contribution in [0.4, 0.5) is 10.1 Å². The second-order valence-electron chi connectivity index (χ2n) is 3.55. The van der Waals surface area contributed by atoms with Crippen LogP contribution in [-0.4, -0.2) is 9.97 Å². The minimum absolute atomic E-state index is 0.0645. The third-order valence-corrected chi connectivity index (χ3v) is 3.69. The molecule has 1 aromatic carbocycles. The van der Waals surface area contributed by atoms with E-state index in [1.807, 2.05) is 5.38 Å². The molecule has 17 heavy (non-hydrogen) atoms. The molecule has 86 valence electrons. The lowest BCUT2D eigenvalue weighted by Crippen LogP contribution is -1.85. The minimum atomic E-state index is -0.512. The fraction of sp³-hybridized carbons (Fsp3) is 0. The average Bonchev–Trinajstić information content (AvgIpc) is 2.89. The van der Waals surface area contributed by atoms with Gasteiger partial charge < -0.3 is 10.7 Å². The number of nitrogens with two attached hydrogens (primary N) is 1. The van der Waals surface area contributed by atoms with Gasteiger partial charge in [-0.3, -0.25) is 0 Å². The molecular weight excluding hydrogens is 261 g/mol. The minimum Gasteiger partial charge on any atom is -0.397 e. The van der Waals surface area contributed by atoms with Gasteiger partial charge in [-0.25, -0.2) is 9.37 Å². The van der Waals surface area contributed by atoms with Crippen LogP contribution in [0, 0.1) is 5.82 Å². The van der Waals surface area contributed by atoms with Crippen LogP contribution in [0.15, 0.2) is 23.6 Å². The van der Waals surface area contributed by atoms with Crippen molar-refractivity contribution in [3.63, 3.8) is 0 Å². The van der Waals surface area contributed by atoms with Crippen LogP contribution in [0.1, 0.15) is 0 Å². The Balaban J connectivity index is 2.27. The maximum Gasteiger partial charge on any atom is 0.169 e. The zero-order valence-electron chi connectivity index (χ0n) is 8.50. The van der Waals surface area contributed by atoms with E-state index in [1.54, 1.807) is 12.1 Å². The topological polar surface area (TPSA) is 54.7 Å². The normalized spacial score (nSPS) is 11.2. The molecule has 6 heteroatoms. The van der Waals surface area contributed by atoms with Crippen LogP contribution >= 0.6 is 22.9 Å². The summed E-state index contributed by atoms with van der Waals surface area (Å²) < 4.78 is 13.7. The van der Waals surface area contributed by atoms with Crippen molar-refractivity contribution >= 4 is 39.7 Å². The lowest BCUT2D eigenvalue weighted by atomic mass is 10.3. The number of fused-ring (bicyclic) bond motifs is 1. The molecule has 0 spiro atoms. The van der Waals surface area contributed by atoms with E-state index in [0.717, 1.165) is 4.88 Å². The van der Waals surface area contributed by atoms with Crippen molar-refractivity contribution in [1.82, 2.24) is 9.97 Å². The summed E-state index contributed by atoms with van der Waals surface area (Å²) in [6, 6.07) is 4.98. The predicted molar refractivity (Wildman–Crippen MR) is 68.8 cm³/mol. The monoisotopic (exact) mass is 267 g/mol. The number of hydrogen-bond acceptors (Lipinski definition) is 3. The highest BCUT2D eigenvalue weighted by Crippen LogP contribution is 2.32. The van der Waals surface area contributed by atoms with Crippen molar-refractivity contribution < 1.29 is 4.39 Å². The molecule has 0 fully saturated rings. The van der Waals surface area contributed by atoms with Crippen molar-refractivity contribution in [2.75, 3.05) is 5.73 Å². The number of nitrogens with zero attached hydrogens (tertiary/aromatic N) is 1. The van der Waals surface area contributed by atoms with Crippen molar-refractivity contribution in [1.29, 1.82) is 0 Å². The largest absolute Gasteiger partial charge is 0.397 e. The molecule has 0 atom stereocenters. The van der Waals surface area contributed by atoms with Gasteiger partial charge in [-0.1, -0.05) is 11.6 Å². The lowest BCUT2D eigenvalue weighted by Gasteiger charge is -1.92. The Morgan fingerprint density at radius 3 is 2.88 bits per heavy atom. The lowest BCUT2D eigenvalue weighted by molar-refractivity contribution is 0.638.